The molecule has 0 aliphatic heterocycles. The van der Waals surface area contributed by atoms with Crippen LogP contribution >= 0.6 is 11.6 Å². The Morgan fingerprint density at radius 2 is 2.25 bits per heavy atom. The highest BCUT2D eigenvalue weighted by atomic mass is 35.5. The topological polar surface area (TPSA) is 112 Å². The molecule has 0 fully saturated rings. The summed E-state index contributed by atoms with van der Waals surface area (Å²) in [7, 11) is 0. The standard InChI is InChI=1S/C4H2ClN3O4/c5-1-2(4(9)10)6-7-3(1)8(11)12/h(H,6,7)(H,9,10)/p-1. The molecular weight excluding hydrogens is 190 g/mol. The number of rotatable bonds is 2. The number of carboxylic acids is 1. The van der Waals surface area contributed by atoms with E-state index in [2.05, 4.69) is 5.10 Å². The van der Waals surface area contributed by atoms with Crippen LogP contribution in [-0.4, -0.2) is 21.1 Å². The Hall–Kier alpha value is -1.63. The summed E-state index contributed by atoms with van der Waals surface area (Å²) in [4.78, 5) is 19.4. The molecule has 1 aromatic rings. The first kappa shape index (κ1) is 8.47. The summed E-state index contributed by atoms with van der Waals surface area (Å²) < 4.78 is 0. The van der Waals surface area contributed by atoms with E-state index in [0.717, 1.165) is 0 Å². The maximum Gasteiger partial charge on any atom is 0.362 e. The Bertz CT molecular complexity index is 315. The molecule has 1 heterocycles. The molecule has 0 amide bonds. The molecule has 0 radical (unpaired) electrons. The number of carbonyl (C=O) groups is 1. The van der Waals surface area contributed by atoms with Crippen molar-refractivity contribution in [2.45, 2.75) is 0 Å². The first-order chi connectivity index (χ1) is 5.54. The number of aromatic nitrogens is 2. The lowest BCUT2D eigenvalue weighted by molar-refractivity contribution is -0.389. The Morgan fingerprint density at radius 3 is 2.50 bits per heavy atom. The molecule has 0 bridgehead atoms. The Balaban J connectivity index is 3.22. The molecule has 0 saturated carbocycles. The van der Waals surface area contributed by atoms with Gasteiger partial charge in [0.1, 0.15) is 0 Å². The second kappa shape index (κ2) is 2.78. The van der Waals surface area contributed by atoms with Gasteiger partial charge in [-0.25, -0.2) is 0 Å². The Labute approximate surface area is 70.1 Å². The fourth-order valence-electron chi connectivity index (χ4n) is 0.575. The molecule has 12 heavy (non-hydrogen) atoms. The van der Waals surface area contributed by atoms with Gasteiger partial charge in [-0.1, -0.05) is 16.7 Å². The fourth-order valence-corrected chi connectivity index (χ4v) is 0.806. The van der Waals surface area contributed by atoms with Crippen LogP contribution in [0.15, 0.2) is 0 Å². The Morgan fingerprint density at radius 1 is 1.67 bits per heavy atom. The molecule has 7 nitrogen and oxygen atoms in total. The first-order valence-corrected chi connectivity index (χ1v) is 3.01. The first-order valence-electron chi connectivity index (χ1n) is 2.63. The highest BCUT2D eigenvalue weighted by Crippen LogP contribution is 2.23. The zero-order valence-corrected chi connectivity index (χ0v) is 6.16. The lowest BCUT2D eigenvalue weighted by Crippen LogP contribution is -2.23. The summed E-state index contributed by atoms with van der Waals surface area (Å²) >= 11 is 5.26. The van der Waals surface area contributed by atoms with Crippen LogP contribution in [0.25, 0.3) is 0 Å². The van der Waals surface area contributed by atoms with E-state index in [-0.39, 0.29) is 0 Å². The molecule has 0 atom stereocenters. The van der Waals surface area contributed by atoms with Gasteiger partial charge in [0.15, 0.2) is 10.7 Å². The number of halogens is 1. The van der Waals surface area contributed by atoms with Crippen LogP contribution in [0.1, 0.15) is 10.5 Å². The molecule has 8 heteroatoms. The van der Waals surface area contributed by atoms with E-state index in [1.165, 1.54) is 0 Å². The molecular formula is C4HClN3O4-. The van der Waals surface area contributed by atoms with Gasteiger partial charge >= 0.3 is 5.82 Å². The molecule has 64 valence electrons. The van der Waals surface area contributed by atoms with Gasteiger partial charge in [0.2, 0.25) is 0 Å². The van der Waals surface area contributed by atoms with Crippen LogP contribution in [0.4, 0.5) is 5.82 Å². The predicted octanol–water partition coefficient (Wildman–Crippen LogP) is -0.665. The minimum atomic E-state index is -1.66. The van der Waals surface area contributed by atoms with Crippen LogP contribution in [0.2, 0.25) is 5.02 Å². The number of carboxylic acid groups (broad SMARTS) is 1. The van der Waals surface area contributed by atoms with Crippen LogP contribution < -0.4 is 5.11 Å². The van der Waals surface area contributed by atoms with Crippen LogP contribution in [0, 0.1) is 10.1 Å². The van der Waals surface area contributed by atoms with Crippen molar-refractivity contribution in [3.63, 3.8) is 0 Å². The molecule has 0 spiro atoms. The van der Waals surface area contributed by atoms with Gasteiger partial charge in [-0.2, -0.15) is 0 Å². The van der Waals surface area contributed by atoms with Crippen LogP contribution in [-0.2, 0) is 0 Å². The van der Waals surface area contributed by atoms with Crippen molar-refractivity contribution in [3.8, 4) is 0 Å². The molecule has 0 saturated heterocycles. The molecule has 0 aliphatic rings. The maximum absolute atomic E-state index is 10.2. The summed E-state index contributed by atoms with van der Waals surface area (Å²) in [6.45, 7) is 0. The van der Waals surface area contributed by atoms with E-state index >= 15 is 0 Å². The zero-order chi connectivity index (χ0) is 9.30. The van der Waals surface area contributed by atoms with Crippen molar-refractivity contribution in [1.29, 1.82) is 0 Å². The average molecular weight is 191 g/mol. The number of nitrogens with one attached hydrogen (secondary N) is 1. The van der Waals surface area contributed by atoms with Crippen molar-refractivity contribution in [1.82, 2.24) is 10.2 Å². The average Bonchev–Trinajstić information content (AvgIpc) is 2.30. The molecule has 0 aromatic carbocycles. The summed E-state index contributed by atoms with van der Waals surface area (Å²) in [5, 5.41) is 24.6. The third-order valence-electron chi connectivity index (χ3n) is 1.07. The number of hydrogen-bond acceptors (Lipinski definition) is 5. The Kier molecular flexibility index (Phi) is 1.96. The number of nitrogens with zero attached hydrogens (tertiary/aromatic N) is 2. The summed E-state index contributed by atoms with van der Waals surface area (Å²) in [6, 6.07) is 0. The number of carbonyl (C=O) groups excluding carboxylic acids is 1. The largest absolute Gasteiger partial charge is 0.543 e. The van der Waals surface area contributed by atoms with Gasteiger partial charge in [0, 0.05) is 0 Å². The minimum Gasteiger partial charge on any atom is -0.543 e. The number of aromatic amines is 1. The number of aromatic carboxylic acids is 1. The smallest absolute Gasteiger partial charge is 0.362 e. The van der Waals surface area contributed by atoms with E-state index < -0.39 is 27.4 Å². The highest BCUT2D eigenvalue weighted by Gasteiger charge is 2.20. The molecule has 1 rings (SSSR count). The lowest BCUT2D eigenvalue weighted by atomic mass is 10.4. The fraction of sp³-hybridized carbons (Fsp3) is 0. The van der Waals surface area contributed by atoms with Crippen LogP contribution in [0.5, 0.6) is 0 Å². The summed E-state index contributed by atoms with van der Waals surface area (Å²) in [5.74, 6) is -2.32. The van der Waals surface area contributed by atoms with Gasteiger partial charge in [0.05, 0.1) is 5.97 Å². The highest BCUT2D eigenvalue weighted by molar-refractivity contribution is 6.34. The van der Waals surface area contributed by atoms with Gasteiger partial charge < -0.3 is 20.0 Å². The molecule has 0 aliphatic carbocycles. The number of hydrogen-bond donors (Lipinski definition) is 1. The molecule has 1 N–H and O–H groups in total. The predicted molar refractivity (Wildman–Crippen MR) is 34.6 cm³/mol. The maximum atomic E-state index is 10.2. The second-order valence-corrected chi connectivity index (χ2v) is 2.16. The van der Waals surface area contributed by atoms with E-state index in [4.69, 9.17) is 11.6 Å². The summed E-state index contributed by atoms with van der Waals surface area (Å²) in [5.41, 5.74) is -0.664. The minimum absolute atomic E-state index is 0.556. The molecule has 1 aromatic heterocycles. The van der Waals surface area contributed by atoms with E-state index in [0.29, 0.717) is 0 Å². The summed E-state index contributed by atoms with van der Waals surface area (Å²) in [6.07, 6.45) is 0. The van der Waals surface area contributed by atoms with Crippen molar-refractivity contribution in [2.75, 3.05) is 0 Å². The van der Waals surface area contributed by atoms with Gasteiger partial charge in [0.25, 0.3) is 0 Å². The van der Waals surface area contributed by atoms with E-state index in [9.17, 15) is 20.0 Å². The van der Waals surface area contributed by atoms with Gasteiger partial charge in [-0.15, -0.1) is 5.10 Å². The normalized spacial score (nSPS) is 9.75. The third kappa shape index (κ3) is 1.21. The monoisotopic (exact) mass is 190 g/mol. The number of nitro groups is 1. The lowest BCUT2D eigenvalue weighted by Gasteiger charge is -1.93. The second-order valence-electron chi connectivity index (χ2n) is 1.78. The van der Waals surface area contributed by atoms with Gasteiger partial charge in [-0.05, 0) is 4.92 Å². The zero-order valence-electron chi connectivity index (χ0n) is 5.41. The van der Waals surface area contributed by atoms with Crippen molar-refractivity contribution < 1.29 is 14.8 Å². The van der Waals surface area contributed by atoms with Gasteiger partial charge in [-0.3, -0.25) is 0 Å². The molecule has 0 unspecified atom stereocenters. The van der Waals surface area contributed by atoms with Crippen molar-refractivity contribution in [3.05, 3.63) is 20.8 Å². The number of H-pyrrole nitrogens is 1. The van der Waals surface area contributed by atoms with Crippen molar-refractivity contribution >= 4 is 23.4 Å². The SMILES string of the molecule is O=C([O-])c1n[nH]c([N+](=O)[O-])c1Cl. The van der Waals surface area contributed by atoms with Crippen molar-refractivity contribution in [2.24, 2.45) is 0 Å². The van der Waals surface area contributed by atoms with Crippen LogP contribution in [0.3, 0.4) is 0 Å². The van der Waals surface area contributed by atoms with E-state index in [1.807, 2.05) is 5.10 Å². The van der Waals surface area contributed by atoms with E-state index in [1.54, 1.807) is 0 Å². The third-order valence-corrected chi connectivity index (χ3v) is 1.42. The quantitative estimate of drug-likeness (QED) is 0.491.